The second-order valence-corrected chi connectivity index (χ2v) is 4.85. The first-order valence-electron chi connectivity index (χ1n) is 5.70. The molecular formula is C11H23NOS. The lowest BCUT2D eigenvalue weighted by Gasteiger charge is -2.17. The summed E-state index contributed by atoms with van der Waals surface area (Å²) in [6, 6.07) is 0.686. The Morgan fingerprint density at radius 3 is 3.00 bits per heavy atom. The molecule has 0 radical (unpaired) electrons. The minimum Gasteiger partial charge on any atom is -0.378 e. The molecule has 1 heterocycles. The van der Waals surface area contributed by atoms with Crippen molar-refractivity contribution in [2.45, 2.75) is 44.8 Å². The summed E-state index contributed by atoms with van der Waals surface area (Å²) in [6.07, 6.45) is 7.64. The summed E-state index contributed by atoms with van der Waals surface area (Å²) in [5.41, 5.74) is 0. The van der Waals surface area contributed by atoms with Gasteiger partial charge in [-0.2, -0.15) is 11.8 Å². The number of hydrogen-bond donors (Lipinski definition) is 1. The molecule has 0 amide bonds. The molecule has 3 heteroatoms. The minimum absolute atomic E-state index is 0.536. The molecule has 14 heavy (non-hydrogen) atoms. The SMILES string of the molecule is CCC(CSC)NCCC1CCCO1. The monoisotopic (exact) mass is 217 g/mol. The molecule has 1 N–H and O–H groups in total. The van der Waals surface area contributed by atoms with Crippen molar-refractivity contribution in [3.05, 3.63) is 0 Å². The van der Waals surface area contributed by atoms with E-state index < -0.39 is 0 Å². The van der Waals surface area contributed by atoms with Gasteiger partial charge >= 0.3 is 0 Å². The summed E-state index contributed by atoms with van der Waals surface area (Å²) in [5.74, 6) is 1.22. The van der Waals surface area contributed by atoms with Crippen molar-refractivity contribution in [1.82, 2.24) is 5.32 Å². The molecule has 1 fully saturated rings. The second kappa shape index (κ2) is 7.55. The smallest absolute Gasteiger partial charge is 0.0588 e. The van der Waals surface area contributed by atoms with E-state index in [9.17, 15) is 0 Å². The summed E-state index contributed by atoms with van der Waals surface area (Å²) in [4.78, 5) is 0. The molecule has 0 spiro atoms. The van der Waals surface area contributed by atoms with Crippen LogP contribution in [0.2, 0.25) is 0 Å². The molecule has 0 bridgehead atoms. The van der Waals surface area contributed by atoms with E-state index in [2.05, 4.69) is 18.5 Å². The van der Waals surface area contributed by atoms with Gasteiger partial charge in [0.1, 0.15) is 0 Å². The Kier molecular flexibility index (Phi) is 6.65. The Labute approximate surface area is 92.2 Å². The van der Waals surface area contributed by atoms with Crippen LogP contribution in [0.25, 0.3) is 0 Å². The molecular weight excluding hydrogens is 194 g/mol. The Bertz CT molecular complexity index is 137. The third-order valence-electron chi connectivity index (χ3n) is 2.78. The Morgan fingerprint density at radius 1 is 1.57 bits per heavy atom. The molecule has 84 valence electrons. The number of thioether (sulfide) groups is 1. The van der Waals surface area contributed by atoms with Crippen LogP contribution in [0.1, 0.15) is 32.6 Å². The van der Waals surface area contributed by atoms with E-state index in [1.807, 2.05) is 11.8 Å². The Morgan fingerprint density at radius 2 is 2.43 bits per heavy atom. The fourth-order valence-corrected chi connectivity index (χ4v) is 2.60. The number of rotatable bonds is 7. The third-order valence-corrected chi connectivity index (χ3v) is 3.52. The van der Waals surface area contributed by atoms with Crippen molar-refractivity contribution in [3.8, 4) is 0 Å². The number of nitrogens with one attached hydrogen (secondary N) is 1. The molecule has 1 aliphatic heterocycles. The molecule has 0 aromatic carbocycles. The first-order valence-corrected chi connectivity index (χ1v) is 7.10. The van der Waals surface area contributed by atoms with Gasteiger partial charge in [-0.05, 0) is 38.5 Å². The van der Waals surface area contributed by atoms with Crippen molar-refractivity contribution >= 4 is 11.8 Å². The topological polar surface area (TPSA) is 21.3 Å². The molecule has 2 atom stereocenters. The molecule has 2 unspecified atom stereocenters. The standard InChI is InChI=1S/C11H23NOS/c1-3-10(9-14-2)12-7-6-11-5-4-8-13-11/h10-12H,3-9H2,1-2H3. The number of hydrogen-bond acceptors (Lipinski definition) is 3. The van der Waals surface area contributed by atoms with Gasteiger partial charge < -0.3 is 10.1 Å². The maximum absolute atomic E-state index is 5.58. The third kappa shape index (κ3) is 4.67. The summed E-state index contributed by atoms with van der Waals surface area (Å²) in [7, 11) is 0. The maximum Gasteiger partial charge on any atom is 0.0588 e. The lowest BCUT2D eigenvalue weighted by atomic mass is 10.1. The first kappa shape index (κ1) is 12.3. The van der Waals surface area contributed by atoms with E-state index in [0.717, 1.165) is 13.2 Å². The van der Waals surface area contributed by atoms with E-state index in [4.69, 9.17) is 4.74 Å². The van der Waals surface area contributed by atoms with Gasteiger partial charge in [0.05, 0.1) is 6.10 Å². The van der Waals surface area contributed by atoms with Gasteiger partial charge in [-0.25, -0.2) is 0 Å². The van der Waals surface area contributed by atoms with Gasteiger partial charge in [0, 0.05) is 18.4 Å². The highest BCUT2D eigenvalue weighted by atomic mass is 32.2. The number of ether oxygens (including phenoxy) is 1. The second-order valence-electron chi connectivity index (χ2n) is 3.94. The Hall–Kier alpha value is 0.270. The van der Waals surface area contributed by atoms with Gasteiger partial charge in [0.15, 0.2) is 0 Å². The highest BCUT2D eigenvalue weighted by Crippen LogP contribution is 2.14. The lowest BCUT2D eigenvalue weighted by Crippen LogP contribution is -2.32. The molecule has 1 saturated heterocycles. The average Bonchev–Trinajstić information content (AvgIpc) is 2.69. The van der Waals surface area contributed by atoms with Crippen molar-refractivity contribution in [2.75, 3.05) is 25.2 Å². The Balaban J connectivity index is 2.00. The predicted molar refractivity (Wildman–Crippen MR) is 64.1 cm³/mol. The van der Waals surface area contributed by atoms with E-state index in [0.29, 0.717) is 12.1 Å². The average molecular weight is 217 g/mol. The van der Waals surface area contributed by atoms with Crippen LogP contribution in [0.4, 0.5) is 0 Å². The van der Waals surface area contributed by atoms with Crippen molar-refractivity contribution in [1.29, 1.82) is 0 Å². The zero-order valence-corrected chi connectivity index (χ0v) is 10.2. The summed E-state index contributed by atoms with van der Waals surface area (Å²) >= 11 is 1.92. The van der Waals surface area contributed by atoms with Crippen LogP contribution in [0.5, 0.6) is 0 Å². The van der Waals surface area contributed by atoms with E-state index in [1.165, 1.54) is 31.4 Å². The van der Waals surface area contributed by atoms with Crippen LogP contribution >= 0.6 is 11.8 Å². The summed E-state index contributed by atoms with van der Waals surface area (Å²) in [5, 5.41) is 3.60. The molecule has 0 aromatic heterocycles. The predicted octanol–water partition coefficient (Wildman–Crippen LogP) is 2.29. The van der Waals surface area contributed by atoms with Gasteiger partial charge in [-0.15, -0.1) is 0 Å². The quantitative estimate of drug-likeness (QED) is 0.707. The van der Waals surface area contributed by atoms with Gasteiger partial charge in [0.25, 0.3) is 0 Å². The fraction of sp³-hybridized carbons (Fsp3) is 1.00. The van der Waals surface area contributed by atoms with Crippen molar-refractivity contribution in [2.24, 2.45) is 0 Å². The lowest BCUT2D eigenvalue weighted by molar-refractivity contribution is 0.103. The summed E-state index contributed by atoms with van der Waals surface area (Å²) < 4.78 is 5.58. The van der Waals surface area contributed by atoms with Crippen LogP contribution in [-0.2, 0) is 4.74 Å². The van der Waals surface area contributed by atoms with Crippen LogP contribution in [0, 0.1) is 0 Å². The maximum atomic E-state index is 5.58. The van der Waals surface area contributed by atoms with Crippen molar-refractivity contribution in [3.63, 3.8) is 0 Å². The van der Waals surface area contributed by atoms with Crippen LogP contribution < -0.4 is 5.32 Å². The van der Waals surface area contributed by atoms with Crippen molar-refractivity contribution < 1.29 is 4.74 Å². The van der Waals surface area contributed by atoms with E-state index in [1.54, 1.807) is 0 Å². The molecule has 0 saturated carbocycles. The van der Waals surface area contributed by atoms with Crippen LogP contribution in [0.15, 0.2) is 0 Å². The van der Waals surface area contributed by atoms with Gasteiger partial charge in [-0.3, -0.25) is 0 Å². The molecule has 0 aliphatic carbocycles. The summed E-state index contributed by atoms with van der Waals surface area (Å²) in [6.45, 7) is 4.34. The minimum atomic E-state index is 0.536. The zero-order chi connectivity index (χ0) is 10.2. The highest BCUT2D eigenvalue weighted by Gasteiger charge is 2.15. The van der Waals surface area contributed by atoms with Crippen LogP contribution in [-0.4, -0.2) is 37.3 Å². The highest BCUT2D eigenvalue weighted by molar-refractivity contribution is 7.98. The fourth-order valence-electron chi connectivity index (χ4n) is 1.84. The largest absolute Gasteiger partial charge is 0.378 e. The molecule has 0 aromatic rings. The van der Waals surface area contributed by atoms with E-state index in [-0.39, 0.29) is 0 Å². The molecule has 1 rings (SSSR count). The van der Waals surface area contributed by atoms with Gasteiger partial charge in [-0.1, -0.05) is 6.92 Å². The first-order chi connectivity index (χ1) is 6.86. The van der Waals surface area contributed by atoms with Gasteiger partial charge in [0.2, 0.25) is 0 Å². The van der Waals surface area contributed by atoms with E-state index >= 15 is 0 Å². The zero-order valence-electron chi connectivity index (χ0n) is 9.42. The normalized spacial score (nSPS) is 24.0. The molecule has 2 nitrogen and oxygen atoms in total. The molecule has 1 aliphatic rings. The van der Waals surface area contributed by atoms with Crippen LogP contribution in [0.3, 0.4) is 0 Å².